The molecule has 3 atom stereocenters. The summed E-state index contributed by atoms with van der Waals surface area (Å²) < 4.78 is 44.3. The van der Waals surface area contributed by atoms with Crippen molar-refractivity contribution in [3.05, 3.63) is 24.6 Å². The van der Waals surface area contributed by atoms with E-state index in [1.165, 1.54) is 7.11 Å². The zero-order valence-corrected chi connectivity index (χ0v) is 33.2. The number of rotatable bonds is 11. The molecule has 1 amide bonds. The first-order valence-corrected chi connectivity index (χ1v) is 14.5. The molecule has 1 fully saturated rings. The van der Waals surface area contributed by atoms with Gasteiger partial charge >= 0.3 is 7.60 Å². The van der Waals surface area contributed by atoms with Crippen LogP contribution in [0, 0.1) is 11.8 Å². The van der Waals surface area contributed by atoms with Crippen LogP contribution in [0.15, 0.2) is 24.6 Å². The van der Waals surface area contributed by atoms with Crippen molar-refractivity contribution in [1.82, 2.24) is 14.9 Å². The Kier molecular flexibility index (Phi) is 26.1. The molecule has 226 valence electrons. The van der Waals surface area contributed by atoms with E-state index in [0.717, 1.165) is 18.4 Å². The number of sulfonamides is 1. The molecule has 1 aliphatic rings. The first-order valence-electron chi connectivity index (χ1n) is 10.8. The van der Waals surface area contributed by atoms with Crippen LogP contribution in [0.25, 0.3) is 0 Å². The maximum Gasteiger partial charge on any atom is 0.350 e. The Labute approximate surface area is 272 Å². The second-order valence-corrected chi connectivity index (χ2v) is 12.7. The van der Waals surface area contributed by atoms with E-state index in [1.54, 1.807) is 21.0 Å². The summed E-state index contributed by atoms with van der Waals surface area (Å²) in [5.41, 5.74) is 0.512. The van der Waals surface area contributed by atoms with Crippen LogP contribution in [0.3, 0.4) is 0 Å². The van der Waals surface area contributed by atoms with Crippen LogP contribution < -0.4 is 10.0 Å². The fraction of sp³-hybridized carbons (Fsp3) is 0.773. The summed E-state index contributed by atoms with van der Waals surface area (Å²) in [6, 6.07) is -0.0889. The Hall–Kier alpha value is 0.635. The summed E-state index contributed by atoms with van der Waals surface area (Å²) in [5, 5.41) is 3.11. The smallest absolute Gasteiger partial charge is 0.350 e. The van der Waals surface area contributed by atoms with Crippen LogP contribution in [-0.2, 0) is 92.1 Å². The zero-order valence-electron chi connectivity index (χ0n) is 22.7. The van der Waals surface area contributed by atoms with E-state index in [9.17, 15) is 17.8 Å². The first-order chi connectivity index (χ1) is 15.3. The number of hydrogen-bond acceptors (Lipinski definition) is 8. The summed E-state index contributed by atoms with van der Waals surface area (Å²) in [5.74, 6) is 0.101. The molecular weight excluding hydrogens is 1050 g/mol. The molecule has 4 N–H and O–H groups in total. The number of likely N-dealkylation sites (tertiary alicyclic amines) is 1. The van der Waals surface area contributed by atoms with Crippen LogP contribution in [0.5, 0.6) is 0 Å². The van der Waals surface area contributed by atoms with Crippen molar-refractivity contribution < 1.29 is 100 Å². The molecule has 1 heterocycles. The summed E-state index contributed by atoms with van der Waals surface area (Å²) in [6.07, 6.45) is 1.22. The van der Waals surface area contributed by atoms with Crippen molar-refractivity contribution >= 4 is 23.5 Å². The average Bonchev–Trinajstić information content (AvgIpc) is 3.09. The summed E-state index contributed by atoms with van der Waals surface area (Å²) >= 11 is 0. The molecule has 0 aromatic carbocycles. The Morgan fingerprint density at radius 1 is 1.16 bits per heavy atom. The van der Waals surface area contributed by atoms with Gasteiger partial charge < -0.3 is 29.5 Å². The minimum atomic E-state index is -3.89. The van der Waals surface area contributed by atoms with Gasteiger partial charge in [-0.25, -0.2) is 8.42 Å². The van der Waals surface area contributed by atoms with Gasteiger partial charge in [0.05, 0.1) is 18.4 Å². The number of hydrogen-bond donors (Lipinski definition) is 4. The van der Waals surface area contributed by atoms with Gasteiger partial charge in [-0.2, -0.15) is 0 Å². The molecule has 0 saturated carbocycles. The molecule has 3 unspecified atom stereocenters. The van der Waals surface area contributed by atoms with Crippen molar-refractivity contribution in [2.75, 3.05) is 33.4 Å². The van der Waals surface area contributed by atoms with Crippen LogP contribution in [0.2, 0.25) is 0 Å². The van der Waals surface area contributed by atoms with Crippen LogP contribution in [0.4, 0.5) is 0 Å². The predicted molar refractivity (Wildman–Crippen MR) is 139 cm³/mol. The Bertz CT molecular complexity index is 885. The van der Waals surface area contributed by atoms with E-state index in [1.807, 2.05) is 4.72 Å². The summed E-state index contributed by atoms with van der Waals surface area (Å²) in [6.45, 7) is 18.8. The minimum Gasteiger partial charge on any atom is -0.380 e. The van der Waals surface area contributed by atoms with Gasteiger partial charge in [-0.05, 0) is 25.7 Å². The van der Waals surface area contributed by atoms with Crippen LogP contribution in [0.1, 0.15) is 48.5 Å². The Morgan fingerprint density at radius 2 is 1.63 bits per heavy atom. The molecule has 0 aromatic rings. The van der Waals surface area contributed by atoms with Gasteiger partial charge in [-0.15, -0.1) is 0 Å². The van der Waals surface area contributed by atoms with Crippen molar-refractivity contribution in [3.63, 3.8) is 0 Å². The Morgan fingerprint density at radius 3 is 1.95 bits per heavy atom. The van der Waals surface area contributed by atoms with Crippen molar-refractivity contribution in [1.29, 1.82) is 0 Å². The number of nitrogens with zero attached hydrogens (tertiary/aromatic N) is 1. The van der Waals surface area contributed by atoms with Gasteiger partial charge in [0, 0.05) is 102 Å². The van der Waals surface area contributed by atoms with Crippen LogP contribution in [-0.4, -0.2) is 80.1 Å². The van der Waals surface area contributed by atoms with Gasteiger partial charge in [0.25, 0.3) is 5.91 Å². The molecule has 0 aromatic heterocycles. The third-order valence-corrected chi connectivity index (χ3v) is 6.66. The monoisotopic (exact) mass is 1100 g/mol. The molecule has 1 aliphatic heterocycles. The largest absolute Gasteiger partial charge is 0.380 e. The molecule has 0 radical (unpaired) electrons. The van der Waals surface area contributed by atoms with E-state index >= 15 is 0 Å². The van der Waals surface area contributed by atoms with Gasteiger partial charge in [0.2, 0.25) is 10.0 Å². The van der Waals surface area contributed by atoms with Crippen molar-refractivity contribution in [2.24, 2.45) is 11.8 Å². The van der Waals surface area contributed by atoms with Gasteiger partial charge in [-0.1, -0.05) is 41.4 Å². The van der Waals surface area contributed by atoms with E-state index in [-0.39, 0.29) is 88.7 Å². The molecular formula is C22H46N3O8PSW3. The van der Waals surface area contributed by atoms with Crippen LogP contribution >= 0.6 is 7.60 Å². The second-order valence-electron chi connectivity index (χ2n) is 9.35. The number of allylic oxidation sites excluding steroid dienone is 1. The molecule has 1 saturated heterocycles. The van der Waals surface area contributed by atoms with Crippen molar-refractivity contribution in [3.8, 4) is 0 Å². The van der Waals surface area contributed by atoms with Crippen molar-refractivity contribution in [2.45, 2.75) is 66.2 Å². The maximum atomic E-state index is 12.3. The second kappa shape index (κ2) is 20.5. The standard InChI is InChI=1S/C19H35N3O4S.C2H7O4P.CH4.3W/c1-12(2)13(3)15(5)22-11-16(26-8)10-17(22)14(4)20-19(6,7)18(23)21-27(9,24)25;1-6-2-7(3,4)5;;;;/h12-13,16-17,20H,4-5,10-11H2,1-3,6-9H3,(H,21,23);2H2,1H3,(H2,3,4,5);1H4;;;. The fourth-order valence-electron chi connectivity index (χ4n) is 3.27. The Balaban J connectivity index is -0.000000291. The third kappa shape index (κ3) is 18.1. The number of amides is 1. The number of nitrogens with one attached hydrogen (secondary N) is 2. The molecule has 0 spiro atoms. The fourth-order valence-corrected chi connectivity index (χ4v) is 4.20. The van der Waals surface area contributed by atoms with Gasteiger partial charge in [0.1, 0.15) is 11.9 Å². The van der Waals surface area contributed by atoms with E-state index in [0.29, 0.717) is 18.2 Å². The number of methoxy groups -OCH3 is 2. The molecule has 0 bridgehead atoms. The average molecular weight is 1100 g/mol. The predicted octanol–water partition coefficient (Wildman–Crippen LogP) is 2.24. The SMILES string of the molecule is C.C=C(NC(C)(C)C(=O)NS(C)(=O)=O)C1CC(OC)CN1C(=C)C(C)C(C)C.COCP(=O)(O)O.[W].[W].[W]. The number of carbonyl (C=O) groups excluding carboxylic acids is 1. The van der Waals surface area contributed by atoms with E-state index < -0.39 is 35.4 Å². The zero-order chi connectivity index (χ0) is 27.1. The number of carbonyl (C=O) groups is 1. The minimum absolute atomic E-state index is 0. The first kappa shape index (κ1) is 48.4. The topological polar surface area (TPSA) is 154 Å². The molecule has 16 heteroatoms. The van der Waals surface area contributed by atoms with E-state index in [2.05, 4.69) is 48.9 Å². The summed E-state index contributed by atoms with van der Waals surface area (Å²) in [4.78, 5) is 30.5. The third-order valence-electron chi connectivity index (χ3n) is 5.51. The van der Waals surface area contributed by atoms with Gasteiger partial charge in [0.15, 0.2) is 0 Å². The molecule has 11 nitrogen and oxygen atoms in total. The van der Waals surface area contributed by atoms with E-state index in [4.69, 9.17) is 14.5 Å². The molecule has 1 rings (SSSR count). The quantitative estimate of drug-likeness (QED) is 0.227. The normalized spacial score (nSPS) is 17.7. The van der Waals surface area contributed by atoms with Gasteiger partial charge in [-0.3, -0.25) is 14.1 Å². The number of ether oxygens (including phenoxy) is 2. The molecule has 38 heavy (non-hydrogen) atoms. The summed E-state index contributed by atoms with van der Waals surface area (Å²) in [7, 11) is -4.61. The molecule has 0 aliphatic carbocycles. The maximum absolute atomic E-state index is 12.3.